The fourth-order valence-corrected chi connectivity index (χ4v) is 4.83. The highest BCUT2D eigenvalue weighted by molar-refractivity contribution is 7.19. The molecule has 0 saturated carbocycles. The average Bonchev–Trinajstić information content (AvgIpc) is 3.00. The predicted octanol–water partition coefficient (Wildman–Crippen LogP) is 3.07. The first-order valence-electron chi connectivity index (χ1n) is 9.41. The lowest BCUT2D eigenvalue weighted by Crippen LogP contribution is -2.49. The lowest BCUT2D eigenvalue weighted by atomic mass is 10.0. The molecule has 1 saturated heterocycles. The number of hydrogen-bond donors (Lipinski definition) is 0. The van der Waals surface area contributed by atoms with Gasteiger partial charge in [-0.1, -0.05) is 30.3 Å². The predicted molar refractivity (Wildman–Crippen MR) is 111 cm³/mol. The summed E-state index contributed by atoms with van der Waals surface area (Å²) in [5.74, 6) is -0.0848. The van der Waals surface area contributed by atoms with Gasteiger partial charge in [-0.15, -0.1) is 11.3 Å². The zero-order chi connectivity index (χ0) is 19.8. The normalized spacial score (nSPS) is 19.9. The summed E-state index contributed by atoms with van der Waals surface area (Å²) >= 11 is 1.51. The van der Waals surface area contributed by atoms with Crippen molar-refractivity contribution in [1.82, 2.24) is 14.5 Å². The van der Waals surface area contributed by atoms with Gasteiger partial charge in [-0.3, -0.25) is 14.2 Å². The first kappa shape index (κ1) is 18.8. The van der Waals surface area contributed by atoms with Crippen LogP contribution in [-0.4, -0.2) is 45.7 Å². The van der Waals surface area contributed by atoms with E-state index < -0.39 is 0 Å². The Labute approximate surface area is 167 Å². The van der Waals surface area contributed by atoms with Crippen LogP contribution in [0.15, 0.2) is 41.5 Å². The molecule has 2 atom stereocenters. The van der Waals surface area contributed by atoms with Gasteiger partial charge in [0, 0.05) is 23.5 Å². The van der Waals surface area contributed by atoms with Crippen LogP contribution in [0.1, 0.15) is 18.7 Å². The zero-order valence-corrected chi connectivity index (χ0v) is 17.0. The summed E-state index contributed by atoms with van der Waals surface area (Å²) in [5, 5.41) is 0.590. The smallest absolute Gasteiger partial charge is 0.263 e. The van der Waals surface area contributed by atoms with Gasteiger partial charge in [-0.2, -0.15) is 0 Å². The van der Waals surface area contributed by atoms with Crippen molar-refractivity contribution < 1.29 is 9.53 Å². The second-order valence-corrected chi connectivity index (χ2v) is 8.52. The number of aromatic nitrogens is 2. The molecule has 1 aliphatic rings. The van der Waals surface area contributed by atoms with E-state index in [1.165, 1.54) is 22.2 Å². The number of benzene rings is 1. The number of fused-ring (bicyclic) bond motifs is 1. The Morgan fingerprint density at radius 1 is 1.21 bits per heavy atom. The molecule has 0 bridgehead atoms. The molecule has 146 valence electrons. The molecular formula is C21H23N3O3S. The van der Waals surface area contributed by atoms with Crippen LogP contribution in [-0.2, 0) is 16.1 Å². The molecule has 1 aromatic carbocycles. The van der Waals surface area contributed by atoms with Crippen LogP contribution < -0.4 is 5.56 Å². The number of amides is 1. The Morgan fingerprint density at radius 2 is 1.89 bits per heavy atom. The van der Waals surface area contributed by atoms with E-state index in [9.17, 15) is 9.59 Å². The van der Waals surface area contributed by atoms with E-state index in [1.54, 1.807) is 4.90 Å². The van der Waals surface area contributed by atoms with E-state index >= 15 is 0 Å². The molecule has 0 N–H and O–H groups in total. The van der Waals surface area contributed by atoms with Crippen LogP contribution in [0.3, 0.4) is 0 Å². The maximum atomic E-state index is 13.2. The van der Waals surface area contributed by atoms with Gasteiger partial charge >= 0.3 is 0 Å². The van der Waals surface area contributed by atoms with E-state index in [0.717, 1.165) is 16.0 Å². The second kappa shape index (κ2) is 7.48. The standard InChI is InChI=1S/C21H23N3O3S/c1-13-9-23(10-14(2)27-13)17(25)11-24-12-22-20-19(21(24)26)18(15(3)28-20)16-7-5-4-6-8-16/h4-8,12-14H,9-11H2,1-3H3. The van der Waals surface area contributed by atoms with Gasteiger partial charge in [0.05, 0.1) is 23.9 Å². The molecule has 1 fully saturated rings. The van der Waals surface area contributed by atoms with Crippen molar-refractivity contribution in [2.24, 2.45) is 0 Å². The van der Waals surface area contributed by atoms with Crippen LogP contribution in [0, 0.1) is 6.92 Å². The number of thiophene rings is 1. The maximum absolute atomic E-state index is 13.2. The molecule has 3 heterocycles. The molecule has 1 aliphatic heterocycles. The summed E-state index contributed by atoms with van der Waals surface area (Å²) in [7, 11) is 0. The number of aryl methyl sites for hydroxylation is 1. The molecule has 0 aliphatic carbocycles. The highest BCUT2D eigenvalue weighted by Crippen LogP contribution is 2.35. The minimum atomic E-state index is -0.170. The molecule has 7 heteroatoms. The summed E-state index contributed by atoms with van der Waals surface area (Å²) in [6, 6.07) is 9.85. The van der Waals surface area contributed by atoms with Gasteiger partial charge in [0.1, 0.15) is 11.4 Å². The summed E-state index contributed by atoms with van der Waals surface area (Å²) < 4.78 is 7.12. The fraction of sp³-hybridized carbons (Fsp3) is 0.381. The fourth-order valence-electron chi connectivity index (χ4n) is 3.83. The summed E-state index contributed by atoms with van der Waals surface area (Å²) in [4.78, 5) is 34.0. The second-order valence-electron chi connectivity index (χ2n) is 7.31. The van der Waals surface area contributed by atoms with E-state index in [2.05, 4.69) is 4.98 Å². The zero-order valence-electron chi connectivity index (χ0n) is 16.2. The first-order chi connectivity index (χ1) is 13.4. The lowest BCUT2D eigenvalue weighted by Gasteiger charge is -2.35. The van der Waals surface area contributed by atoms with Gasteiger partial charge in [0.25, 0.3) is 5.56 Å². The van der Waals surface area contributed by atoms with E-state index in [4.69, 9.17) is 4.74 Å². The molecule has 3 aromatic rings. The molecule has 4 rings (SSSR count). The largest absolute Gasteiger partial charge is 0.372 e. The van der Waals surface area contributed by atoms with Crippen molar-refractivity contribution in [3.8, 4) is 11.1 Å². The minimum Gasteiger partial charge on any atom is -0.372 e. The minimum absolute atomic E-state index is 0.00534. The first-order valence-corrected chi connectivity index (χ1v) is 10.2. The van der Waals surface area contributed by atoms with Crippen LogP contribution >= 0.6 is 11.3 Å². The Bertz CT molecular complexity index is 1060. The Hall–Kier alpha value is -2.51. The van der Waals surface area contributed by atoms with E-state index in [1.807, 2.05) is 51.1 Å². The van der Waals surface area contributed by atoms with Gasteiger partial charge < -0.3 is 9.64 Å². The summed E-state index contributed by atoms with van der Waals surface area (Å²) in [5.41, 5.74) is 1.73. The van der Waals surface area contributed by atoms with Crippen LogP contribution in [0.4, 0.5) is 0 Å². The monoisotopic (exact) mass is 397 g/mol. The van der Waals surface area contributed by atoms with Crippen LogP contribution in [0.5, 0.6) is 0 Å². The van der Waals surface area contributed by atoms with Crippen LogP contribution in [0.2, 0.25) is 0 Å². The van der Waals surface area contributed by atoms with Crippen molar-refractivity contribution in [3.05, 3.63) is 51.9 Å². The number of morpholine rings is 1. The number of carbonyl (C=O) groups excluding carboxylic acids is 1. The van der Waals surface area contributed by atoms with Crippen molar-refractivity contribution >= 4 is 27.5 Å². The molecule has 0 radical (unpaired) electrons. The molecule has 0 spiro atoms. The topological polar surface area (TPSA) is 64.4 Å². The van der Waals surface area contributed by atoms with Gasteiger partial charge in [-0.25, -0.2) is 4.98 Å². The molecule has 28 heavy (non-hydrogen) atoms. The number of nitrogens with zero attached hydrogens (tertiary/aromatic N) is 3. The Balaban J connectivity index is 1.70. The molecule has 1 amide bonds. The highest BCUT2D eigenvalue weighted by atomic mass is 32.1. The number of hydrogen-bond acceptors (Lipinski definition) is 5. The molecule has 6 nitrogen and oxygen atoms in total. The van der Waals surface area contributed by atoms with Gasteiger partial charge in [0.2, 0.25) is 5.91 Å². The van der Waals surface area contributed by atoms with E-state index in [-0.39, 0.29) is 30.2 Å². The summed E-state index contributed by atoms with van der Waals surface area (Å²) in [6.45, 7) is 6.98. The van der Waals surface area contributed by atoms with Crippen LogP contribution in [0.25, 0.3) is 21.3 Å². The molecular weight excluding hydrogens is 374 g/mol. The summed E-state index contributed by atoms with van der Waals surface area (Å²) in [6.07, 6.45) is 1.48. The maximum Gasteiger partial charge on any atom is 0.263 e. The number of carbonyl (C=O) groups is 1. The van der Waals surface area contributed by atoms with Crippen molar-refractivity contribution in [2.75, 3.05) is 13.1 Å². The quantitative estimate of drug-likeness (QED) is 0.681. The third-order valence-electron chi connectivity index (χ3n) is 5.00. The Kier molecular flexibility index (Phi) is 5.03. The SMILES string of the molecule is Cc1sc2ncn(CC(=O)N3CC(C)OC(C)C3)c(=O)c2c1-c1ccccc1. The van der Waals surface area contributed by atoms with Gasteiger partial charge in [-0.05, 0) is 26.3 Å². The van der Waals surface area contributed by atoms with Gasteiger partial charge in [0.15, 0.2) is 0 Å². The van der Waals surface area contributed by atoms with Crippen molar-refractivity contribution in [2.45, 2.75) is 39.5 Å². The van der Waals surface area contributed by atoms with Crippen molar-refractivity contribution in [3.63, 3.8) is 0 Å². The third kappa shape index (κ3) is 3.47. The van der Waals surface area contributed by atoms with E-state index in [0.29, 0.717) is 23.3 Å². The lowest BCUT2D eigenvalue weighted by molar-refractivity contribution is -0.143. The third-order valence-corrected chi connectivity index (χ3v) is 6.01. The van der Waals surface area contributed by atoms with Crippen molar-refractivity contribution in [1.29, 1.82) is 0 Å². The Morgan fingerprint density at radius 3 is 2.57 bits per heavy atom. The highest BCUT2D eigenvalue weighted by Gasteiger charge is 2.26. The molecule has 2 unspecified atom stereocenters. The number of ether oxygens (including phenoxy) is 1. The number of rotatable bonds is 3. The molecule has 2 aromatic heterocycles. The average molecular weight is 398 g/mol.